The summed E-state index contributed by atoms with van der Waals surface area (Å²) >= 11 is 1.12. The summed E-state index contributed by atoms with van der Waals surface area (Å²) in [6, 6.07) is 13.5. The van der Waals surface area contributed by atoms with Crippen molar-refractivity contribution in [3.8, 4) is 12.1 Å². The molecule has 1 amide bonds. The molecule has 2 aromatic rings. The summed E-state index contributed by atoms with van der Waals surface area (Å²) in [5, 5.41) is 19.6. The van der Waals surface area contributed by atoms with Crippen LogP contribution in [0.4, 0.5) is 5.82 Å². The zero-order valence-corrected chi connectivity index (χ0v) is 20.7. The van der Waals surface area contributed by atoms with Crippen LogP contribution in [-0.2, 0) is 20.7 Å². The predicted molar refractivity (Wildman–Crippen MR) is 134 cm³/mol. The predicted octanol–water partition coefficient (Wildman–Crippen LogP) is 1.08. The first-order valence-electron chi connectivity index (χ1n) is 11.6. The highest BCUT2D eigenvalue weighted by Gasteiger charge is 2.49. The van der Waals surface area contributed by atoms with Gasteiger partial charge >= 0.3 is 0 Å². The second-order valence-electron chi connectivity index (χ2n) is 8.77. The summed E-state index contributed by atoms with van der Waals surface area (Å²) < 4.78 is 5.56. The number of benzene rings is 1. The third kappa shape index (κ3) is 4.66. The van der Waals surface area contributed by atoms with E-state index in [9.17, 15) is 20.1 Å². The molecule has 3 heterocycles. The molecule has 2 fully saturated rings. The molecule has 3 unspecified atom stereocenters. The first-order chi connectivity index (χ1) is 17.4. The summed E-state index contributed by atoms with van der Waals surface area (Å²) in [6.07, 6.45) is 0.718. The van der Waals surface area contributed by atoms with Gasteiger partial charge in [0.05, 0.1) is 17.7 Å². The monoisotopic (exact) mass is 505 g/mol. The van der Waals surface area contributed by atoms with Gasteiger partial charge in [-0.05, 0) is 17.5 Å². The number of primary amides is 1. The molecule has 10 nitrogen and oxygen atoms in total. The zero-order chi connectivity index (χ0) is 25.9. The number of pyridine rings is 1. The van der Waals surface area contributed by atoms with E-state index in [-0.39, 0.29) is 12.2 Å². The largest absolute Gasteiger partial charge is 0.368 e. The van der Waals surface area contributed by atoms with Crippen molar-refractivity contribution in [2.75, 3.05) is 37.7 Å². The van der Waals surface area contributed by atoms with E-state index >= 15 is 0 Å². The molecular weight excluding hydrogens is 478 g/mol. The van der Waals surface area contributed by atoms with Crippen LogP contribution in [0.3, 0.4) is 0 Å². The highest BCUT2D eigenvalue weighted by molar-refractivity contribution is 8.00. The number of aldehydes is 1. The van der Waals surface area contributed by atoms with E-state index in [2.05, 4.69) is 12.1 Å². The number of thioether (sulfide) groups is 1. The molecule has 2 aliphatic heterocycles. The van der Waals surface area contributed by atoms with Crippen molar-refractivity contribution in [3.63, 3.8) is 0 Å². The van der Waals surface area contributed by atoms with Crippen molar-refractivity contribution in [1.29, 1.82) is 10.5 Å². The van der Waals surface area contributed by atoms with Gasteiger partial charge in [-0.2, -0.15) is 10.5 Å². The lowest BCUT2D eigenvalue weighted by atomic mass is 9.95. The molecule has 0 radical (unpaired) electrons. The number of anilines is 1. The molecule has 1 aromatic heterocycles. The number of nitriles is 2. The summed E-state index contributed by atoms with van der Waals surface area (Å²) in [4.78, 5) is 32.5. The fourth-order valence-corrected chi connectivity index (χ4v) is 5.64. The molecular formula is C25H27N7O3S. The molecule has 2 saturated heterocycles. The smallest absolute Gasteiger partial charge is 0.235 e. The number of hydrogen-bond acceptors (Lipinski definition) is 10. The Morgan fingerprint density at radius 2 is 1.92 bits per heavy atom. The number of piperazine rings is 1. The highest BCUT2D eigenvalue weighted by Crippen LogP contribution is 2.39. The van der Waals surface area contributed by atoms with Crippen molar-refractivity contribution in [2.45, 2.75) is 35.4 Å². The van der Waals surface area contributed by atoms with Crippen molar-refractivity contribution in [1.82, 2.24) is 9.88 Å². The molecule has 0 saturated carbocycles. The van der Waals surface area contributed by atoms with E-state index in [1.807, 2.05) is 34.9 Å². The average molecular weight is 506 g/mol. The second-order valence-corrected chi connectivity index (χ2v) is 9.87. The van der Waals surface area contributed by atoms with Crippen LogP contribution in [0.2, 0.25) is 0 Å². The lowest BCUT2D eigenvalue weighted by Gasteiger charge is -2.50. The standard InChI is InChI=1S/C25H27N7O3S/c1-2-17-18(12-26)22(31-8-10-32(11-9-31)24-25(29,14-33)15-35-24)30-23(19(17)13-27)36-20(21(28)34)16-6-4-3-5-7-16/h3-7,14,20,24H,2,8-11,15,29H2,1H3,(H2,28,34). The molecule has 4 N–H and O–H groups in total. The van der Waals surface area contributed by atoms with Gasteiger partial charge < -0.3 is 25.9 Å². The lowest BCUT2D eigenvalue weighted by molar-refractivity contribution is -0.202. The van der Waals surface area contributed by atoms with Crippen molar-refractivity contribution >= 4 is 29.8 Å². The quantitative estimate of drug-likeness (QED) is 0.392. The molecule has 11 heteroatoms. The molecule has 4 rings (SSSR count). The summed E-state index contributed by atoms with van der Waals surface area (Å²) in [6.45, 7) is 4.23. The van der Waals surface area contributed by atoms with Gasteiger partial charge in [-0.25, -0.2) is 4.98 Å². The van der Waals surface area contributed by atoms with Gasteiger partial charge in [0.15, 0.2) is 0 Å². The van der Waals surface area contributed by atoms with Crippen LogP contribution in [0, 0.1) is 22.7 Å². The molecule has 3 atom stereocenters. The number of nitrogens with zero attached hydrogens (tertiary/aromatic N) is 5. The normalized spacial score (nSPS) is 22.7. The average Bonchev–Trinajstić information content (AvgIpc) is 2.90. The minimum absolute atomic E-state index is 0.194. The van der Waals surface area contributed by atoms with Crippen LogP contribution >= 0.6 is 11.8 Å². The number of ether oxygens (including phenoxy) is 1. The number of amides is 1. The lowest BCUT2D eigenvalue weighted by Crippen LogP contribution is -2.73. The van der Waals surface area contributed by atoms with Crippen molar-refractivity contribution in [2.24, 2.45) is 11.5 Å². The maximum atomic E-state index is 12.4. The molecule has 186 valence electrons. The molecule has 2 aliphatic rings. The number of aromatic nitrogens is 1. The number of hydrogen-bond donors (Lipinski definition) is 2. The number of carbonyl (C=O) groups is 2. The van der Waals surface area contributed by atoms with E-state index in [1.165, 1.54) is 0 Å². The third-order valence-electron chi connectivity index (χ3n) is 6.53. The van der Waals surface area contributed by atoms with E-state index in [0.717, 1.165) is 18.0 Å². The Morgan fingerprint density at radius 3 is 2.42 bits per heavy atom. The maximum Gasteiger partial charge on any atom is 0.235 e. The minimum atomic E-state index is -1.01. The summed E-state index contributed by atoms with van der Waals surface area (Å²) in [5.74, 6) is -0.0777. The Balaban J connectivity index is 1.67. The first-order valence-corrected chi connectivity index (χ1v) is 12.5. The van der Waals surface area contributed by atoms with Crippen LogP contribution in [-0.4, -0.2) is 66.6 Å². The van der Waals surface area contributed by atoms with Gasteiger partial charge in [0, 0.05) is 26.2 Å². The molecule has 0 spiro atoms. The first kappa shape index (κ1) is 25.6. The Labute approximate surface area is 213 Å². The van der Waals surface area contributed by atoms with Crippen molar-refractivity contribution in [3.05, 3.63) is 52.6 Å². The van der Waals surface area contributed by atoms with E-state index in [1.54, 1.807) is 12.1 Å². The highest BCUT2D eigenvalue weighted by atomic mass is 32.2. The Hall–Kier alpha value is -3.48. The van der Waals surface area contributed by atoms with E-state index in [4.69, 9.17) is 21.2 Å². The van der Waals surface area contributed by atoms with Gasteiger partial charge in [0.2, 0.25) is 5.91 Å². The Bertz CT molecular complexity index is 1230. The van der Waals surface area contributed by atoms with Gasteiger partial charge in [0.25, 0.3) is 0 Å². The third-order valence-corrected chi connectivity index (χ3v) is 7.79. The van der Waals surface area contributed by atoms with Gasteiger partial charge in [-0.3, -0.25) is 9.69 Å². The van der Waals surface area contributed by atoms with Crippen LogP contribution in [0.25, 0.3) is 0 Å². The molecule has 0 bridgehead atoms. The maximum absolute atomic E-state index is 12.4. The van der Waals surface area contributed by atoms with Crippen LogP contribution < -0.4 is 16.4 Å². The van der Waals surface area contributed by atoms with E-state index < -0.39 is 22.9 Å². The second kappa shape index (κ2) is 10.6. The van der Waals surface area contributed by atoms with Crippen molar-refractivity contribution < 1.29 is 14.3 Å². The Kier molecular flexibility index (Phi) is 7.57. The molecule has 1 aromatic carbocycles. The molecule has 0 aliphatic carbocycles. The summed E-state index contributed by atoms with van der Waals surface area (Å²) in [7, 11) is 0. The van der Waals surface area contributed by atoms with Crippen LogP contribution in [0.5, 0.6) is 0 Å². The number of nitrogens with two attached hydrogens (primary N) is 2. The topological polar surface area (TPSA) is 162 Å². The Morgan fingerprint density at radius 1 is 1.25 bits per heavy atom. The number of carbonyl (C=O) groups excluding carboxylic acids is 2. The number of rotatable bonds is 8. The van der Waals surface area contributed by atoms with Crippen LogP contribution in [0.15, 0.2) is 35.4 Å². The summed E-state index contributed by atoms with van der Waals surface area (Å²) in [5.41, 5.74) is 12.8. The van der Waals surface area contributed by atoms with Crippen LogP contribution in [0.1, 0.15) is 34.4 Å². The fourth-order valence-electron chi connectivity index (χ4n) is 4.58. The van der Waals surface area contributed by atoms with Gasteiger partial charge in [0.1, 0.15) is 46.3 Å². The van der Waals surface area contributed by atoms with Gasteiger partial charge in [-0.1, -0.05) is 49.0 Å². The van der Waals surface area contributed by atoms with Gasteiger partial charge in [-0.15, -0.1) is 0 Å². The molecule has 36 heavy (non-hydrogen) atoms. The SMILES string of the molecule is CCc1c(C#N)c(SC(C(N)=O)c2ccccc2)nc(N2CCN(C3OCC3(N)C=O)CC2)c1C#N. The zero-order valence-electron chi connectivity index (χ0n) is 19.9. The minimum Gasteiger partial charge on any atom is -0.368 e. The fraction of sp³-hybridized carbons (Fsp3) is 0.400. The van der Waals surface area contributed by atoms with E-state index in [0.29, 0.717) is 60.1 Å².